The molecule has 2 aromatic carbocycles. The van der Waals surface area contributed by atoms with Crippen molar-refractivity contribution < 1.29 is 48.2 Å². The molecule has 2 heterocycles. The molecule has 0 amide bonds. The highest BCUT2D eigenvalue weighted by molar-refractivity contribution is 6.32. The summed E-state index contributed by atoms with van der Waals surface area (Å²) in [5.74, 6) is -0.261. The molecule has 1 fully saturated rings. The number of halogens is 2. The molecule has 204 valence electrons. The largest absolute Gasteiger partial charge is 0.496 e. The van der Waals surface area contributed by atoms with E-state index in [9.17, 15) is 20.1 Å². The van der Waals surface area contributed by atoms with Gasteiger partial charge in [0.2, 0.25) is 5.89 Å². The smallest absolute Gasteiger partial charge is 0.342 e. The lowest BCUT2D eigenvalue weighted by Crippen LogP contribution is -2.60. The van der Waals surface area contributed by atoms with Gasteiger partial charge in [0.1, 0.15) is 53.9 Å². The van der Waals surface area contributed by atoms with Crippen LogP contribution in [0.4, 0.5) is 0 Å². The molecule has 1 saturated heterocycles. The van der Waals surface area contributed by atoms with Crippen LogP contribution in [0.1, 0.15) is 16.1 Å². The normalized spacial score (nSPS) is 23.2. The number of aliphatic hydroxyl groups is 3. The Morgan fingerprint density at radius 3 is 2.47 bits per heavy atom. The molecule has 0 bridgehead atoms. The van der Waals surface area contributed by atoms with Crippen LogP contribution in [0.2, 0.25) is 10.0 Å². The maximum atomic E-state index is 13.0. The number of ether oxygens (including phenoxy) is 5. The van der Waals surface area contributed by atoms with Crippen molar-refractivity contribution in [3.63, 3.8) is 0 Å². The van der Waals surface area contributed by atoms with Gasteiger partial charge in [0.05, 0.1) is 18.7 Å². The fourth-order valence-electron chi connectivity index (χ4n) is 3.78. The third-order valence-corrected chi connectivity index (χ3v) is 6.34. The number of esters is 1. The second-order valence-electron chi connectivity index (χ2n) is 8.23. The van der Waals surface area contributed by atoms with Crippen LogP contribution < -0.4 is 9.47 Å². The summed E-state index contributed by atoms with van der Waals surface area (Å²) in [4.78, 5) is 17.4. The van der Waals surface area contributed by atoms with E-state index >= 15 is 0 Å². The molecule has 4 rings (SSSR count). The molecule has 3 aromatic rings. The number of hydrogen-bond donors (Lipinski definition) is 3. The zero-order chi connectivity index (χ0) is 27.4. The van der Waals surface area contributed by atoms with Gasteiger partial charge in [-0.1, -0.05) is 23.2 Å². The number of methoxy groups -OCH3 is 2. The number of nitrogens with zero attached hydrogens (tertiary/aromatic N) is 1. The van der Waals surface area contributed by atoms with Crippen LogP contribution in [0.25, 0.3) is 11.5 Å². The van der Waals surface area contributed by atoms with Crippen LogP contribution in [0, 0.1) is 0 Å². The number of rotatable bonds is 9. The van der Waals surface area contributed by atoms with E-state index in [1.165, 1.54) is 32.6 Å². The molecule has 11 nitrogen and oxygen atoms in total. The minimum Gasteiger partial charge on any atom is -0.496 e. The van der Waals surface area contributed by atoms with E-state index in [-0.39, 0.29) is 28.7 Å². The van der Waals surface area contributed by atoms with E-state index in [2.05, 4.69) is 4.98 Å². The van der Waals surface area contributed by atoms with Gasteiger partial charge in [-0.15, -0.1) is 0 Å². The number of aromatic nitrogens is 1. The molecule has 1 aliphatic rings. The molecular formula is C25H25Cl2NO10. The Morgan fingerprint density at radius 2 is 1.82 bits per heavy atom. The highest BCUT2D eigenvalue weighted by Gasteiger charge is 2.47. The molecule has 1 aliphatic heterocycles. The number of oxazole rings is 1. The Labute approximate surface area is 227 Å². The van der Waals surface area contributed by atoms with Crippen molar-refractivity contribution in [3.05, 3.63) is 64.0 Å². The van der Waals surface area contributed by atoms with Crippen LogP contribution in [-0.2, 0) is 20.8 Å². The SMILES string of the molecule is COc1cc(OCc2coc(-c3ccc(Cl)cc3)n2)c(Cl)cc1C(=O)O[C@H]1[C@@H](OC)O[C@H](CO)[C@@H](O)[C@@H]1O. The standard InChI is InChI=1S/C25H25Cl2NO10/c1-33-17-8-18(35-10-14-11-36-23(28-14)12-3-5-13(26)6-4-12)16(27)7-15(17)24(32)38-22-21(31)20(30)19(9-29)37-25(22)34-2/h3-8,11,19-22,25,29-31H,9-10H2,1-2H3/t19-,20-,21+,22-,25+/m1/s1. The molecule has 13 heteroatoms. The average Bonchev–Trinajstić information content (AvgIpc) is 3.40. The van der Waals surface area contributed by atoms with Crippen LogP contribution in [0.15, 0.2) is 47.1 Å². The van der Waals surface area contributed by atoms with E-state index < -0.39 is 43.3 Å². The van der Waals surface area contributed by atoms with Gasteiger partial charge < -0.3 is 43.4 Å². The van der Waals surface area contributed by atoms with Crippen LogP contribution in [0.3, 0.4) is 0 Å². The monoisotopic (exact) mass is 569 g/mol. The summed E-state index contributed by atoms with van der Waals surface area (Å²) in [7, 11) is 2.60. The third kappa shape index (κ3) is 6.05. The summed E-state index contributed by atoms with van der Waals surface area (Å²) in [5.41, 5.74) is 1.16. The summed E-state index contributed by atoms with van der Waals surface area (Å²) < 4.78 is 32.5. The lowest BCUT2D eigenvalue weighted by atomic mass is 9.99. The maximum Gasteiger partial charge on any atom is 0.342 e. The number of hydrogen-bond acceptors (Lipinski definition) is 11. The summed E-state index contributed by atoms with van der Waals surface area (Å²) >= 11 is 12.3. The second-order valence-corrected chi connectivity index (χ2v) is 9.08. The van der Waals surface area contributed by atoms with E-state index in [4.69, 9.17) is 51.3 Å². The lowest BCUT2D eigenvalue weighted by Gasteiger charge is -2.40. The molecule has 5 atom stereocenters. The van der Waals surface area contributed by atoms with Crippen molar-refractivity contribution in [2.75, 3.05) is 20.8 Å². The van der Waals surface area contributed by atoms with Gasteiger partial charge in [-0.25, -0.2) is 9.78 Å². The van der Waals surface area contributed by atoms with Crippen molar-refractivity contribution >= 4 is 29.2 Å². The third-order valence-electron chi connectivity index (χ3n) is 5.79. The van der Waals surface area contributed by atoms with Crippen LogP contribution in [0.5, 0.6) is 11.5 Å². The number of carbonyl (C=O) groups is 1. The van der Waals surface area contributed by atoms with Gasteiger partial charge in [-0.3, -0.25) is 0 Å². The highest BCUT2D eigenvalue weighted by Crippen LogP contribution is 2.35. The lowest BCUT2D eigenvalue weighted by molar-refractivity contribution is -0.293. The van der Waals surface area contributed by atoms with Gasteiger partial charge in [0, 0.05) is 23.8 Å². The molecule has 0 spiro atoms. The van der Waals surface area contributed by atoms with E-state index in [1.54, 1.807) is 24.3 Å². The predicted molar refractivity (Wildman–Crippen MR) is 133 cm³/mol. The summed E-state index contributed by atoms with van der Waals surface area (Å²) in [6.45, 7) is -0.560. The first-order chi connectivity index (χ1) is 18.2. The Balaban J connectivity index is 1.46. The Kier molecular flexibility index (Phi) is 9.11. The fraction of sp³-hybridized carbons (Fsp3) is 0.360. The molecule has 1 aromatic heterocycles. The second kappa shape index (κ2) is 12.3. The van der Waals surface area contributed by atoms with Crippen molar-refractivity contribution in [2.45, 2.75) is 37.3 Å². The quantitative estimate of drug-likeness (QED) is 0.326. The number of aliphatic hydroxyl groups excluding tert-OH is 3. The molecule has 0 aliphatic carbocycles. The van der Waals surface area contributed by atoms with Crippen LogP contribution >= 0.6 is 23.2 Å². The van der Waals surface area contributed by atoms with Crippen molar-refractivity contribution in [3.8, 4) is 23.0 Å². The molecule has 0 radical (unpaired) electrons. The summed E-state index contributed by atoms with van der Waals surface area (Å²) in [6.07, 6.45) is -5.40. The first-order valence-corrected chi connectivity index (χ1v) is 12.1. The van der Waals surface area contributed by atoms with Gasteiger partial charge >= 0.3 is 5.97 Å². The van der Waals surface area contributed by atoms with Gasteiger partial charge in [-0.2, -0.15) is 0 Å². The molecular weight excluding hydrogens is 545 g/mol. The Bertz CT molecular complexity index is 1250. The molecule has 0 saturated carbocycles. The topological polar surface area (TPSA) is 150 Å². The van der Waals surface area contributed by atoms with Crippen molar-refractivity contribution in [1.29, 1.82) is 0 Å². The van der Waals surface area contributed by atoms with E-state index in [0.717, 1.165) is 5.56 Å². The van der Waals surface area contributed by atoms with E-state index in [1.807, 2.05) is 0 Å². The molecule has 38 heavy (non-hydrogen) atoms. The van der Waals surface area contributed by atoms with Gasteiger partial charge in [0.25, 0.3) is 0 Å². The fourth-order valence-corrected chi connectivity index (χ4v) is 4.13. The van der Waals surface area contributed by atoms with Crippen molar-refractivity contribution in [2.24, 2.45) is 0 Å². The minimum absolute atomic E-state index is 0.00872. The minimum atomic E-state index is -1.58. The zero-order valence-corrected chi connectivity index (χ0v) is 21.8. The first-order valence-electron chi connectivity index (χ1n) is 11.3. The number of benzene rings is 2. The molecule has 3 N–H and O–H groups in total. The summed E-state index contributed by atoms with van der Waals surface area (Å²) in [6, 6.07) is 9.68. The average molecular weight is 570 g/mol. The van der Waals surface area contributed by atoms with Crippen LogP contribution in [-0.4, -0.2) is 77.8 Å². The Hall–Kier alpha value is -2.90. The first kappa shape index (κ1) is 28.1. The number of carbonyl (C=O) groups excluding carboxylic acids is 1. The van der Waals surface area contributed by atoms with Gasteiger partial charge in [0.15, 0.2) is 12.4 Å². The predicted octanol–water partition coefficient (Wildman–Crippen LogP) is 2.85. The molecule has 0 unspecified atom stereocenters. The highest BCUT2D eigenvalue weighted by atomic mass is 35.5. The Morgan fingerprint density at radius 1 is 1.08 bits per heavy atom. The summed E-state index contributed by atoms with van der Waals surface area (Å²) in [5, 5.41) is 30.6. The zero-order valence-electron chi connectivity index (χ0n) is 20.2. The van der Waals surface area contributed by atoms with E-state index in [0.29, 0.717) is 16.6 Å². The van der Waals surface area contributed by atoms with Gasteiger partial charge in [-0.05, 0) is 30.3 Å². The van der Waals surface area contributed by atoms with Crippen molar-refractivity contribution in [1.82, 2.24) is 4.98 Å². The maximum absolute atomic E-state index is 13.0.